The van der Waals surface area contributed by atoms with Crippen molar-refractivity contribution >= 4 is 5.97 Å². The van der Waals surface area contributed by atoms with Gasteiger partial charge in [-0.1, -0.05) is 6.07 Å². The predicted molar refractivity (Wildman–Crippen MR) is 105 cm³/mol. The van der Waals surface area contributed by atoms with Crippen LogP contribution in [0.4, 0.5) is 0 Å². The summed E-state index contributed by atoms with van der Waals surface area (Å²) in [5.74, 6) is 1.64. The topological polar surface area (TPSA) is 48.0 Å². The predicted octanol–water partition coefficient (Wildman–Crippen LogP) is 2.84. The van der Waals surface area contributed by atoms with Gasteiger partial charge in [0.25, 0.3) is 0 Å². The third-order valence-corrected chi connectivity index (χ3v) is 7.29. The number of hydrogen-bond acceptors (Lipinski definition) is 5. The van der Waals surface area contributed by atoms with Gasteiger partial charge in [-0.05, 0) is 61.8 Å². The van der Waals surface area contributed by atoms with Gasteiger partial charge in [0.2, 0.25) is 0 Å². The van der Waals surface area contributed by atoms with Crippen LogP contribution in [0.1, 0.15) is 36.8 Å². The molecule has 0 radical (unpaired) electrons. The standard InChI is InChI=1S/C23H31NO4/c1-26-22(25)18-7-20(8-18)24-14-23(15-24)10-17-4-5-21(9-19(17)11-23)28-13-16-3-2-6-27-12-16/h4-5,9,16,18,20H,2-3,6-8,10-15H2,1H3. The molecule has 1 spiro atoms. The molecule has 1 aromatic rings. The van der Waals surface area contributed by atoms with Crippen LogP contribution >= 0.6 is 0 Å². The first-order chi connectivity index (χ1) is 13.6. The number of carbonyl (C=O) groups is 1. The molecule has 2 heterocycles. The largest absolute Gasteiger partial charge is 0.493 e. The Morgan fingerprint density at radius 1 is 1.25 bits per heavy atom. The van der Waals surface area contributed by atoms with Gasteiger partial charge < -0.3 is 14.2 Å². The zero-order valence-electron chi connectivity index (χ0n) is 16.8. The number of esters is 1. The summed E-state index contributed by atoms with van der Waals surface area (Å²) >= 11 is 0. The molecular formula is C23H31NO4. The van der Waals surface area contributed by atoms with Crippen LogP contribution in [0, 0.1) is 17.3 Å². The summed E-state index contributed by atoms with van der Waals surface area (Å²) in [6.07, 6.45) is 6.65. The molecule has 0 bridgehead atoms. The van der Waals surface area contributed by atoms with E-state index >= 15 is 0 Å². The molecule has 1 atom stereocenters. The maximum absolute atomic E-state index is 11.6. The number of nitrogens with zero attached hydrogens (tertiary/aromatic N) is 1. The highest BCUT2D eigenvalue weighted by atomic mass is 16.5. The van der Waals surface area contributed by atoms with Crippen molar-refractivity contribution in [3.05, 3.63) is 29.3 Å². The molecule has 3 fully saturated rings. The first-order valence-electron chi connectivity index (χ1n) is 10.8. The number of methoxy groups -OCH3 is 1. The van der Waals surface area contributed by atoms with Gasteiger partial charge in [-0.25, -0.2) is 0 Å². The quantitative estimate of drug-likeness (QED) is 0.730. The lowest BCUT2D eigenvalue weighted by molar-refractivity contribution is -0.154. The number of rotatable bonds is 5. The fourth-order valence-corrected chi connectivity index (χ4v) is 5.59. The number of fused-ring (bicyclic) bond motifs is 1. The Labute approximate surface area is 167 Å². The molecule has 2 saturated heterocycles. The molecule has 5 rings (SSSR count). The Kier molecular flexibility index (Phi) is 4.84. The third kappa shape index (κ3) is 3.43. The molecule has 152 valence electrons. The van der Waals surface area contributed by atoms with Crippen LogP contribution in [0.15, 0.2) is 18.2 Å². The summed E-state index contributed by atoms with van der Waals surface area (Å²) in [5, 5.41) is 0. The molecule has 2 aliphatic carbocycles. The van der Waals surface area contributed by atoms with Crippen LogP contribution in [0.25, 0.3) is 0 Å². The van der Waals surface area contributed by atoms with Crippen LogP contribution in [-0.4, -0.2) is 56.9 Å². The zero-order chi connectivity index (χ0) is 19.1. The zero-order valence-corrected chi connectivity index (χ0v) is 16.8. The minimum absolute atomic E-state index is 0.0351. The van der Waals surface area contributed by atoms with Gasteiger partial charge in [0.15, 0.2) is 0 Å². The maximum Gasteiger partial charge on any atom is 0.308 e. The third-order valence-electron chi connectivity index (χ3n) is 7.29. The van der Waals surface area contributed by atoms with Crippen LogP contribution in [0.2, 0.25) is 0 Å². The lowest BCUT2D eigenvalue weighted by atomic mass is 9.71. The van der Waals surface area contributed by atoms with E-state index in [4.69, 9.17) is 14.2 Å². The van der Waals surface area contributed by atoms with E-state index in [1.165, 1.54) is 31.1 Å². The Balaban J connectivity index is 1.12. The van der Waals surface area contributed by atoms with Crippen molar-refractivity contribution < 1.29 is 19.0 Å². The van der Waals surface area contributed by atoms with Crippen molar-refractivity contribution in [2.45, 2.75) is 44.6 Å². The fraction of sp³-hybridized carbons (Fsp3) is 0.696. The van der Waals surface area contributed by atoms with E-state index in [2.05, 4.69) is 23.1 Å². The minimum atomic E-state index is -0.0351. The van der Waals surface area contributed by atoms with Crippen molar-refractivity contribution in [2.75, 3.05) is 40.0 Å². The second-order valence-electron chi connectivity index (χ2n) is 9.43. The number of ether oxygens (including phenoxy) is 3. The summed E-state index contributed by atoms with van der Waals surface area (Å²) in [5.41, 5.74) is 3.38. The van der Waals surface area contributed by atoms with Crippen molar-refractivity contribution in [3.63, 3.8) is 0 Å². The van der Waals surface area contributed by atoms with Crippen molar-refractivity contribution in [3.8, 4) is 5.75 Å². The Morgan fingerprint density at radius 2 is 2.07 bits per heavy atom. The molecule has 5 nitrogen and oxygen atoms in total. The summed E-state index contributed by atoms with van der Waals surface area (Å²) in [4.78, 5) is 14.2. The molecule has 0 N–H and O–H groups in total. The average Bonchev–Trinajstić information content (AvgIpc) is 3.04. The molecule has 0 aromatic heterocycles. The molecule has 1 saturated carbocycles. The van der Waals surface area contributed by atoms with E-state index in [0.29, 0.717) is 17.4 Å². The highest BCUT2D eigenvalue weighted by Gasteiger charge is 2.51. The van der Waals surface area contributed by atoms with Gasteiger partial charge in [0.05, 0.1) is 26.2 Å². The molecule has 4 aliphatic rings. The van der Waals surface area contributed by atoms with E-state index in [9.17, 15) is 4.79 Å². The van der Waals surface area contributed by atoms with Crippen LogP contribution in [-0.2, 0) is 27.1 Å². The van der Waals surface area contributed by atoms with Crippen molar-refractivity contribution in [2.24, 2.45) is 17.3 Å². The normalized spacial score (nSPS) is 31.0. The molecule has 1 aromatic carbocycles. The maximum atomic E-state index is 11.6. The van der Waals surface area contributed by atoms with Crippen molar-refractivity contribution in [1.82, 2.24) is 4.90 Å². The first kappa shape index (κ1) is 18.4. The number of benzene rings is 1. The van der Waals surface area contributed by atoms with Gasteiger partial charge in [-0.15, -0.1) is 0 Å². The van der Waals surface area contributed by atoms with E-state index in [0.717, 1.165) is 64.3 Å². The van der Waals surface area contributed by atoms with Gasteiger partial charge in [-0.2, -0.15) is 0 Å². The summed E-state index contributed by atoms with van der Waals surface area (Å²) in [6, 6.07) is 7.27. The SMILES string of the molecule is COC(=O)C1CC(N2CC3(Cc4ccc(OCC5CCCOC5)cc4C3)C2)C1. The Hall–Kier alpha value is -1.59. The molecule has 28 heavy (non-hydrogen) atoms. The molecule has 0 amide bonds. The number of hydrogen-bond donors (Lipinski definition) is 0. The highest BCUT2D eigenvalue weighted by molar-refractivity contribution is 5.73. The van der Waals surface area contributed by atoms with E-state index in [1.807, 2.05) is 0 Å². The Bertz CT molecular complexity index is 730. The summed E-state index contributed by atoms with van der Waals surface area (Å²) in [7, 11) is 1.49. The van der Waals surface area contributed by atoms with Crippen LogP contribution in [0.3, 0.4) is 0 Å². The first-order valence-corrected chi connectivity index (χ1v) is 10.8. The lowest BCUT2D eigenvalue weighted by Gasteiger charge is -2.55. The second kappa shape index (κ2) is 7.34. The van der Waals surface area contributed by atoms with Gasteiger partial charge >= 0.3 is 5.97 Å². The summed E-state index contributed by atoms with van der Waals surface area (Å²) in [6.45, 7) is 4.83. The monoisotopic (exact) mass is 385 g/mol. The highest BCUT2D eigenvalue weighted by Crippen LogP contribution is 2.48. The van der Waals surface area contributed by atoms with Crippen molar-refractivity contribution in [1.29, 1.82) is 0 Å². The van der Waals surface area contributed by atoms with E-state index in [-0.39, 0.29) is 11.9 Å². The molecule has 5 heteroatoms. The fourth-order valence-electron chi connectivity index (χ4n) is 5.59. The lowest BCUT2D eigenvalue weighted by Crippen LogP contribution is -2.63. The summed E-state index contributed by atoms with van der Waals surface area (Å²) < 4.78 is 16.5. The van der Waals surface area contributed by atoms with E-state index < -0.39 is 0 Å². The average molecular weight is 386 g/mol. The smallest absolute Gasteiger partial charge is 0.308 e. The van der Waals surface area contributed by atoms with Gasteiger partial charge in [-0.3, -0.25) is 9.69 Å². The van der Waals surface area contributed by atoms with E-state index in [1.54, 1.807) is 0 Å². The minimum Gasteiger partial charge on any atom is -0.493 e. The number of likely N-dealkylation sites (tertiary alicyclic amines) is 1. The molecular weight excluding hydrogens is 354 g/mol. The Morgan fingerprint density at radius 3 is 2.82 bits per heavy atom. The van der Waals surface area contributed by atoms with Gasteiger partial charge in [0.1, 0.15) is 5.75 Å². The molecule has 2 aliphatic heterocycles. The van der Waals surface area contributed by atoms with Gasteiger partial charge in [0, 0.05) is 37.1 Å². The molecule has 1 unspecified atom stereocenters. The van der Waals surface area contributed by atoms with Crippen LogP contribution in [0.5, 0.6) is 5.75 Å². The number of carbonyl (C=O) groups excluding carboxylic acids is 1. The van der Waals surface area contributed by atoms with Crippen LogP contribution < -0.4 is 4.74 Å². The second-order valence-corrected chi connectivity index (χ2v) is 9.43.